The molecule has 0 saturated carbocycles. The first-order chi connectivity index (χ1) is 17.8. The lowest BCUT2D eigenvalue weighted by atomic mass is 10.1. The molecule has 0 unspecified atom stereocenters. The summed E-state index contributed by atoms with van der Waals surface area (Å²) in [6, 6.07) is 18.4. The number of nitrogens with one attached hydrogen (secondary N) is 1. The Labute approximate surface area is 230 Å². The van der Waals surface area contributed by atoms with Crippen molar-refractivity contribution < 1.29 is 19.1 Å². The summed E-state index contributed by atoms with van der Waals surface area (Å²) in [5.74, 6) is 0.100. The average Bonchev–Trinajstić information content (AvgIpc) is 3.12. The number of halogens is 1. The Morgan fingerprint density at radius 3 is 2.57 bits per heavy atom. The van der Waals surface area contributed by atoms with Crippen LogP contribution < -0.4 is 19.7 Å². The summed E-state index contributed by atoms with van der Waals surface area (Å²) >= 11 is 13.3. The number of thiocarbonyl (C=S) groups is 1. The third-order valence-electron chi connectivity index (χ3n) is 5.42. The fraction of sp³-hybridized carbons (Fsp3) is 0.179. The monoisotopic (exact) mass is 552 g/mol. The zero-order valence-electron chi connectivity index (χ0n) is 20.5. The van der Waals surface area contributed by atoms with Crippen molar-refractivity contribution in [2.75, 3.05) is 23.4 Å². The number of hydrogen-bond donors (Lipinski definition) is 1. The number of benzene rings is 3. The molecule has 6 nitrogen and oxygen atoms in total. The van der Waals surface area contributed by atoms with Crippen molar-refractivity contribution in [1.29, 1.82) is 0 Å². The molecular weight excluding hydrogens is 528 g/mol. The van der Waals surface area contributed by atoms with Gasteiger partial charge in [0, 0.05) is 5.69 Å². The maximum absolute atomic E-state index is 13.3. The Morgan fingerprint density at radius 2 is 1.86 bits per heavy atom. The molecule has 0 spiro atoms. The van der Waals surface area contributed by atoms with Crippen LogP contribution in [0.25, 0.3) is 6.08 Å². The van der Waals surface area contributed by atoms with Crippen molar-refractivity contribution in [2.45, 2.75) is 20.8 Å². The van der Waals surface area contributed by atoms with Gasteiger partial charge < -0.3 is 14.8 Å². The van der Waals surface area contributed by atoms with Crippen LogP contribution in [0.1, 0.15) is 23.6 Å². The molecule has 0 aliphatic carbocycles. The van der Waals surface area contributed by atoms with E-state index in [9.17, 15) is 9.59 Å². The fourth-order valence-corrected chi connectivity index (χ4v) is 5.37. The zero-order chi connectivity index (χ0) is 26.5. The molecule has 0 radical (unpaired) electrons. The maximum Gasteiger partial charge on any atom is 0.270 e. The van der Waals surface area contributed by atoms with Crippen LogP contribution in [-0.4, -0.2) is 29.3 Å². The van der Waals surface area contributed by atoms with Crippen molar-refractivity contribution in [1.82, 2.24) is 0 Å². The van der Waals surface area contributed by atoms with Crippen LogP contribution in [0.4, 0.5) is 11.4 Å². The van der Waals surface area contributed by atoms with Crippen LogP contribution in [-0.2, 0) is 9.59 Å². The van der Waals surface area contributed by atoms with Crippen LogP contribution in [0.15, 0.2) is 65.6 Å². The second-order valence-corrected chi connectivity index (χ2v) is 10.4. The molecule has 37 heavy (non-hydrogen) atoms. The number of hydrogen-bond acceptors (Lipinski definition) is 6. The molecule has 0 atom stereocenters. The number of rotatable bonds is 8. The molecule has 190 valence electrons. The van der Waals surface area contributed by atoms with Gasteiger partial charge in [-0.1, -0.05) is 71.5 Å². The summed E-state index contributed by atoms with van der Waals surface area (Å²) < 4.78 is 11.9. The minimum absolute atomic E-state index is 0.200. The smallest absolute Gasteiger partial charge is 0.270 e. The van der Waals surface area contributed by atoms with E-state index in [4.69, 9.17) is 33.3 Å². The first-order valence-corrected chi connectivity index (χ1v) is 13.2. The highest BCUT2D eigenvalue weighted by atomic mass is 35.5. The van der Waals surface area contributed by atoms with Crippen LogP contribution in [0, 0.1) is 13.8 Å². The topological polar surface area (TPSA) is 67.9 Å². The Balaban J connectivity index is 1.54. The maximum atomic E-state index is 13.3. The Kier molecular flexibility index (Phi) is 8.53. The second kappa shape index (κ2) is 11.8. The normalized spacial score (nSPS) is 14.3. The summed E-state index contributed by atoms with van der Waals surface area (Å²) in [6.45, 7) is 5.91. The first kappa shape index (κ1) is 26.7. The number of anilines is 2. The molecule has 3 aromatic carbocycles. The molecule has 9 heteroatoms. The van der Waals surface area contributed by atoms with E-state index in [1.165, 1.54) is 11.8 Å². The predicted molar refractivity (Wildman–Crippen MR) is 155 cm³/mol. The largest absolute Gasteiger partial charge is 0.490 e. The van der Waals surface area contributed by atoms with Gasteiger partial charge in [-0.25, -0.2) is 0 Å². The average molecular weight is 553 g/mol. The molecular formula is C28H25ClN2O4S2. The summed E-state index contributed by atoms with van der Waals surface area (Å²) in [6.07, 6.45) is 1.73. The van der Waals surface area contributed by atoms with E-state index in [0.29, 0.717) is 32.8 Å². The lowest BCUT2D eigenvalue weighted by molar-refractivity contribution is -0.118. The molecule has 0 aromatic heterocycles. The van der Waals surface area contributed by atoms with E-state index < -0.39 is 0 Å². The minimum Gasteiger partial charge on any atom is -0.490 e. The quantitative estimate of drug-likeness (QED) is 0.245. The highest BCUT2D eigenvalue weighted by Gasteiger charge is 2.34. The number of ether oxygens (including phenoxy) is 2. The van der Waals surface area contributed by atoms with Crippen molar-refractivity contribution in [3.8, 4) is 11.5 Å². The van der Waals surface area contributed by atoms with E-state index in [2.05, 4.69) is 5.32 Å². The highest BCUT2D eigenvalue weighted by Crippen LogP contribution is 2.40. The fourth-order valence-electron chi connectivity index (χ4n) is 3.81. The zero-order valence-corrected chi connectivity index (χ0v) is 22.9. The van der Waals surface area contributed by atoms with E-state index >= 15 is 0 Å². The molecule has 4 rings (SSSR count). The number of aryl methyl sites for hydroxylation is 2. The lowest BCUT2D eigenvalue weighted by Gasteiger charge is -2.17. The highest BCUT2D eigenvalue weighted by molar-refractivity contribution is 8.27. The molecule has 1 N–H and O–H groups in total. The van der Waals surface area contributed by atoms with Gasteiger partial charge in [0.1, 0.15) is 0 Å². The van der Waals surface area contributed by atoms with Crippen molar-refractivity contribution in [2.24, 2.45) is 0 Å². The molecule has 2 amide bonds. The minimum atomic E-state index is -0.330. The molecule has 1 aliphatic heterocycles. The van der Waals surface area contributed by atoms with Gasteiger partial charge in [-0.2, -0.15) is 0 Å². The standard InChI is InChI=1S/C28H25ClN2O4S2/c1-4-34-23-14-19(13-21(29)26(23)35-16-25(32)30-20-8-6-5-7-9-20)15-24-27(33)31(28(36)37-24)22-11-10-17(2)12-18(22)3/h5-15H,4,16H2,1-3H3,(H,30,32)/b24-15-. The van der Waals surface area contributed by atoms with Crippen molar-refractivity contribution in [3.63, 3.8) is 0 Å². The first-order valence-electron chi connectivity index (χ1n) is 11.6. The Hall–Kier alpha value is -3.33. The van der Waals surface area contributed by atoms with E-state index in [1.54, 1.807) is 35.2 Å². The molecule has 3 aromatic rings. The number of amides is 2. The van der Waals surface area contributed by atoms with E-state index in [-0.39, 0.29) is 29.2 Å². The van der Waals surface area contributed by atoms with Gasteiger partial charge in [-0.3, -0.25) is 14.5 Å². The molecule has 1 heterocycles. The van der Waals surface area contributed by atoms with Gasteiger partial charge in [-0.05, 0) is 68.3 Å². The van der Waals surface area contributed by atoms with Gasteiger partial charge in [-0.15, -0.1) is 0 Å². The molecule has 1 saturated heterocycles. The van der Waals surface area contributed by atoms with E-state index in [1.807, 2.05) is 57.2 Å². The van der Waals surface area contributed by atoms with Gasteiger partial charge in [0.25, 0.3) is 11.8 Å². The van der Waals surface area contributed by atoms with Crippen LogP contribution in [0.5, 0.6) is 11.5 Å². The predicted octanol–water partition coefficient (Wildman–Crippen LogP) is 6.78. The van der Waals surface area contributed by atoms with Gasteiger partial charge >= 0.3 is 0 Å². The number of thioether (sulfide) groups is 1. The van der Waals surface area contributed by atoms with E-state index in [0.717, 1.165) is 16.8 Å². The SMILES string of the molecule is CCOc1cc(/C=C2\SC(=S)N(c3ccc(C)cc3C)C2=O)cc(Cl)c1OCC(=O)Nc1ccccc1. The van der Waals surface area contributed by atoms with Crippen molar-refractivity contribution >= 4 is 69.2 Å². The number of carbonyl (C=O) groups is 2. The Bertz CT molecular complexity index is 1390. The van der Waals surface area contributed by atoms with Crippen LogP contribution in [0.2, 0.25) is 5.02 Å². The number of nitrogens with zero attached hydrogens (tertiary/aromatic N) is 1. The molecule has 1 aliphatic rings. The number of para-hydroxylation sites is 1. The van der Waals surface area contributed by atoms with Gasteiger partial charge in [0.2, 0.25) is 0 Å². The summed E-state index contributed by atoms with van der Waals surface area (Å²) in [4.78, 5) is 27.6. The van der Waals surface area contributed by atoms with Crippen molar-refractivity contribution in [3.05, 3.63) is 87.3 Å². The summed E-state index contributed by atoms with van der Waals surface area (Å²) in [5.41, 5.74) is 4.16. The lowest BCUT2D eigenvalue weighted by Crippen LogP contribution is -2.28. The third-order valence-corrected chi connectivity index (χ3v) is 7.00. The summed E-state index contributed by atoms with van der Waals surface area (Å²) in [5, 5.41) is 3.02. The van der Waals surface area contributed by atoms with Gasteiger partial charge in [0.15, 0.2) is 22.4 Å². The second-order valence-electron chi connectivity index (χ2n) is 8.27. The van der Waals surface area contributed by atoms with Crippen LogP contribution in [0.3, 0.4) is 0 Å². The summed E-state index contributed by atoms with van der Waals surface area (Å²) in [7, 11) is 0. The van der Waals surface area contributed by atoms with Gasteiger partial charge in [0.05, 0.1) is 22.2 Å². The Morgan fingerprint density at radius 1 is 1.11 bits per heavy atom. The molecule has 1 fully saturated rings. The number of carbonyl (C=O) groups excluding carboxylic acids is 2. The van der Waals surface area contributed by atoms with Crippen LogP contribution >= 0.6 is 35.6 Å². The molecule has 0 bridgehead atoms. The third kappa shape index (κ3) is 6.33.